The van der Waals surface area contributed by atoms with E-state index in [2.05, 4.69) is 11.2 Å². The van der Waals surface area contributed by atoms with Gasteiger partial charge in [0.25, 0.3) is 5.91 Å². The predicted octanol–water partition coefficient (Wildman–Crippen LogP) is 2.39. The van der Waals surface area contributed by atoms with Crippen LogP contribution in [0.4, 0.5) is 0 Å². The van der Waals surface area contributed by atoms with Crippen LogP contribution in [0.5, 0.6) is 0 Å². The highest BCUT2D eigenvalue weighted by molar-refractivity contribution is 6.01. The molecule has 1 fully saturated rings. The molecule has 1 radical (unpaired) electrons. The summed E-state index contributed by atoms with van der Waals surface area (Å²) < 4.78 is 0. The Morgan fingerprint density at radius 1 is 1.17 bits per heavy atom. The zero-order valence-corrected chi connectivity index (χ0v) is 9.97. The lowest BCUT2D eigenvalue weighted by Crippen LogP contribution is -2.42. The molecule has 1 aliphatic heterocycles. The summed E-state index contributed by atoms with van der Waals surface area (Å²) in [5, 5.41) is 0. The van der Waals surface area contributed by atoms with Crippen LogP contribution in [0, 0.1) is 6.20 Å². The molecule has 1 amide bonds. The molecule has 89 valence electrons. The Labute approximate surface area is 106 Å². The van der Waals surface area contributed by atoms with Gasteiger partial charge in [0, 0.05) is 30.4 Å². The molecule has 1 aromatic carbocycles. The van der Waals surface area contributed by atoms with E-state index in [4.69, 9.17) is 0 Å². The fraction of sp³-hybridized carbons (Fsp3) is 0.200. The van der Waals surface area contributed by atoms with Crippen LogP contribution in [0.1, 0.15) is 16.8 Å². The summed E-state index contributed by atoms with van der Waals surface area (Å²) in [6, 6.07) is 11.4. The van der Waals surface area contributed by atoms with Crippen LogP contribution in [-0.2, 0) is 0 Å². The highest BCUT2D eigenvalue weighted by Crippen LogP contribution is 2.24. The minimum atomic E-state index is 0.106. The van der Waals surface area contributed by atoms with Gasteiger partial charge >= 0.3 is 0 Å². The SMILES string of the molecule is O=C(c1ccccc1-c1[c]nccc1)N1CCC1. The van der Waals surface area contributed by atoms with Gasteiger partial charge in [-0.1, -0.05) is 24.3 Å². The van der Waals surface area contributed by atoms with Crippen LogP contribution in [0.15, 0.2) is 42.6 Å². The summed E-state index contributed by atoms with van der Waals surface area (Å²) in [7, 11) is 0. The zero-order valence-electron chi connectivity index (χ0n) is 9.97. The Kier molecular flexibility index (Phi) is 2.81. The first-order valence-corrected chi connectivity index (χ1v) is 6.07. The van der Waals surface area contributed by atoms with E-state index >= 15 is 0 Å². The first kappa shape index (κ1) is 11.0. The van der Waals surface area contributed by atoms with Crippen molar-refractivity contribution in [2.45, 2.75) is 6.42 Å². The van der Waals surface area contributed by atoms with Crippen molar-refractivity contribution in [1.29, 1.82) is 0 Å². The molecule has 0 spiro atoms. The van der Waals surface area contributed by atoms with Gasteiger partial charge in [0.15, 0.2) is 0 Å². The number of nitrogens with zero attached hydrogens (tertiary/aromatic N) is 2. The maximum absolute atomic E-state index is 12.3. The first-order chi connectivity index (χ1) is 8.86. The zero-order chi connectivity index (χ0) is 12.4. The predicted molar refractivity (Wildman–Crippen MR) is 69.0 cm³/mol. The lowest BCUT2D eigenvalue weighted by Gasteiger charge is -2.31. The normalized spacial score (nSPS) is 14.1. The number of carbonyl (C=O) groups excluding carboxylic acids is 1. The van der Waals surface area contributed by atoms with Crippen LogP contribution in [0.25, 0.3) is 11.1 Å². The van der Waals surface area contributed by atoms with Gasteiger partial charge in [-0.25, -0.2) is 0 Å². The molecule has 0 aliphatic carbocycles. The van der Waals surface area contributed by atoms with Gasteiger partial charge in [0.1, 0.15) is 0 Å². The number of hydrogen-bond donors (Lipinski definition) is 0. The quantitative estimate of drug-likeness (QED) is 0.803. The molecule has 3 heteroatoms. The van der Waals surface area contributed by atoms with E-state index in [1.807, 2.05) is 41.3 Å². The Morgan fingerprint density at radius 3 is 2.67 bits per heavy atom. The summed E-state index contributed by atoms with van der Waals surface area (Å²) >= 11 is 0. The van der Waals surface area contributed by atoms with Crippen LogP contribution < -0.4 is 0 Å². The summed E-state index contributed by atoms with van der Waals surface area (Å²) in [5.41, 5.74) is 2.51. The van der Waals surface area contributed by atoms with Crippen molar-refractivity contribution in [2.75, 3.05) is 13.1 Å². The third-order valence-electron chi connectivity index (χ3n) is 3.20. The molecule has 2 heterocycles. The standard InChI is InChI=1S/C15H13N2O/c18-15(17-9-4-10-17)14-7-2-1-6-13(14)12-5-3-8-16-11-12/h1-3,5-8H,4,9-10H2. The molecule has 2 aromatic rings. The second-order valence-electron chi connectivity index (χ2n) is 4.35. The van der Waals surface area contributed by atoms with E-state index in [0.29, 0.717) is 0 Å². The van der Waals surface area contributed by atoms with Crippen molar-refractivity contribution in [2.24, 2.45) is 0 Å². The number of likely N-dealkylation sites (tertiary alicyclic amines) is 1. The lowest BCUT2D eigenvalue weighted by atomic mass is 9.99. The Bertz CT molecular complexity index is 562. The van der Waals surface area contributed by atoms with Gasteiger partial charge in [-0.2, -0.15) is 0 Å². The topological polar surface area (TPSA) is 33.2 Å². The van der Waals surface area contributed by atoms with Crippen LogP contribution in [0.3, 0.4) is 0 Å². The average molecular weight is 237 g/mol. The molecule has 0 unspecified atom stereocenters. The Morgan fingerprint density at radius 2 is 2.00 bits per heavy atom. The number of rotatable bonds is 2. The van der Waals surface area contributed by atoms with Gasteiger partial charge in [0.2, 0.25) is 0 Å². The first-order valence-electron chi connectivity index (χ1n) is 6.07. The maximum Gasteiger partial charge on any atom is 0.254 e. The van der Waals surface area contributed by atoms with Crippen molar-refractivity contribution in [3.05, 3.63) is 54.4 Å². The Hall–Kier alpha value is -2.16. The van der Waals surface area contributed by atoms with E-state index < -0.39 is 0 Å². The van der Waals surface area contributed by atoms with Crippen molar-refractivity contribution in [3.8, 4) is 11.1 Å². The number of aromatic nitrogens is 1. The third kappa shape index (κ3) is 1.88. The number of amides is 1. The second kappa shape index (κ2) is 4.61. The van der Waals surface area contributed by atoms with E-state index in [-0.39, 0.29) is 5.91 Å². The van der Waals surface area contributed by atoms with Crippen LogP contribution in [0.2, 0.25) is 0 Å². The van der Waals surface area contributed by atoms with Gasteiger partial charge < -0.3 is 4.90 Å². The highest BCUT2D eigenvalue weighted by atomic mass is 16.2. The minimum absolute atomic E-state index is 0.106. The van der Waals surface area contributed by atoms with Gasteiger partial charge in [-0.05, 0) is 24.1 Å². The lowest BCUT2D eigenvalue weighted by molar-refractivity contribution is 0.0652. The third-order valence-corrected chi connectivity index (χ3v) is 3.20. The molecule has 0 atom stereocenters. The summed E-state index contributed by atoms with van der Waals surface area (Å²) in [6.07, 6.45) is 5.72. The minimum Gasteiger partial charge on any atom is -0.338 e. The Balaban J connectivity index is 2.02. The molecule has 0 bridgehead atoms. The van der Waals surface area contributed by atoms with Crippen LogP contribution >= 0.6 is 0 Å². The molecule has 3 nitrogen and oxygen atoms in total. The van der Waals surface area contributed by atoms with E-state index in [0.717, 1.165) is 36.2 Å². The molecule has 0 N–H and O–H groups in total. The number of carbonyl (C=O) groups is 1. The van der Waals surface area contributed by atoms with Gasteiger partial charge in [-0.15, -0.1) is 0 Å². The van der Waals surface area contributed by atoms with Gasteiger partial charge in [-0.3, -0.25) is 9.78 Å². The smallest absolute Gasteiger partial charge is 0.254 e. The number of hydrogen-bond acceptors (Lipinski definition) is 2. The van der Waals surface area contributed by atoms with Crippen molar-refractivity contribution in [3.63, 3.8) is 0 Å². The van der Waals surface area contributed by atoms with Crippen molar-refractivity contribution >= 4 is 5.91 Å². The second-order valence-corrected chi connectivity index (χ2v) is 4.35. The fourth-order valence-corrected chi connectivity index (χ4v) is 2.07. The van der Waals surface area contributed by atoms with E-state index in [9.17, 15) is 4.79 Å². The van der Waals surface area contributed by atoms with Gasteiger partial charge in [0.05, 0.1) is 6.20 Å². The fourth-order valence-electron chi connectivity index (χ4n) is 2.07. The van der Waals surface area contributed by atoms with Crippen molar-refractivity contribution < 1.29 is 4.79 Å². The maximum atomic E-state index is 12.3. The molecular weight excluding hydrogens is 224 g/mol. The molecule has 1 aliphatic rings. The largest absolute Gasteiger partial charge is 0.338 e. The molecule has 1 aromatic heterocycles. The molecule has 3 rings (SSSR count). The highest BCUT2D eigenvalue weighted by Gasteiger charge is 2.23. The molecule has 0 saturated carbocycles. The summed E-state index contributed by atoms with van der Waals surface area (Å²) in [6.45, 7) is 1.73. The van der Waals surface area contributed by atoms with E-state index in [1.165, 1.54) is 0 Å². The molecular formula is C15H13N2O. The summed E-state index contributed by atoms with van der Waals surface area (Å²) in [4.78, 5) is 18.2. The molecule has 18 heavy (non-hydrogen) atoms. The van der Waals surface area contributed by atoms with Crippen molar-refractivity contribution in [1.82, 2.24) is 9.88 Å². The average Bonchev–Trinajstić information content (AvgIpc) is 2.38. The number of pyridine rings is 1. The van der Waals surface area contributed by atoms with Crippen LogP contribution in [-0.4, -0.2) is 28.9 Å². The monoisotopic (exact) mass is 237 g/mol. The molecule has 1 saturated heterocycles. The number of benzene rings is 1. The summed E-state index contributed by atoms with van der Waals surface area (Å²) in [5.74, 6) is 0.106. The van der Waals surface area contributed by atoms with E-state index in [1.54, 1.807) is 6.20 Å².